The van der Waals surface area contributed by atoms with Crippen LogP contribution in [0.4, 0.5) is 5.69 Å². The Kier molecular flexibility index (Phi) is 6.70. The summed E-state index contributed by atoms with van der Waals surface area (Å²) in [6.07, 6.45) is 7.60. The molecule has 1 saturated heterocycles. The Morgan fingerprint density at radius 1 is 0.962 bits per heavy atom. The van der Waals surface area contributed by atoms with Crippen molar-refractivity contribution in [3.8, 4) is 5.75 Å². The van der Waals surface area contributed by atoms with Crippen LogP contribution >= 0.6 is 12.4 Å². The molecular formula is C21H33ClN2O2. The van der Waals surface area contributed by atoms with Gasteiger partial charge in [0.15, 0.2) is 0 Å². The van der Waals surface area contributed by atoms with Crippen LogP contribution in [0.3, 0.4) is 0 Å². The van der Waals surface area contributed by atoms with E-state index in [4.69, 9.17) is 4.74 Å². The van der Waals surface area contributed by atoms with Gasteiger partial charge in [-0.1, -0.05) is 37.8 Å². The molecule has 146 valence electrons. The molecule has 1 N–H and O–H groups in total. The number of rotatable bonds is 3. The van der Waals surface area contributed by atoms with Crippen molar-refractivity contribution < 1.29 is 9.84 Å². The average molecular weight is 381 g/mol. The number of aliphatic hydroxyl groups is 1. The van der Waals surface area contributed by atoms with Gasteiger partial charge in [-0.15, -0.1) is 12.4 Å². The van der Waals surface area contributed by atoms with Gasteiger partial charge in [0.2, 0.25) is 0 Å². The van der Waals surface area contributed by atoms with Crippen molar-refractivity contribution in [1.82, 2.24) is 4.90 Å². The van der Waals surface area contributed by atoms with Crippen LogP contribution in [0.5, 0.6) is 5.75 Å². The molecule has 4 atom stereocenters. The van der Waals surface area contributed by atoms with E-state index in [-0.39, 0.29) is 18.5 Å². The van der Waals surface area contributed by atoms with Crippen molar-refractivity contribution in [2.45, 2.75) is 50.7 Å². The lowest BCUT2D eigenvalue weighted by Crippen LogP contribution is -2.56. The molecule has 0 unspecified atom stereocenters. The number of halogens is 1. The Morgan fingerprint density at radius 3 is 2.31 bits per heavy atom. The third-order valence-electron chi connectivity index (χ3n) is 6.81. The van der Waals surface area contributed by atoms with Crippen molar-refractivity contribution in [3.05, 3.63) is 24.3 Å². The first kappa shape index (κ1) is 19.8. The van der Waals surface area contributed by atoms with E-state index in [9.17, 15) is 5.11 Å². The van der Waals surface area contributed by atoms with Gasteiger partial charge in [0, 0.05) is 32.2 Å². The van der Waals surface area contributed by atoms with E-state index in [0.29, 0.717) is 6.04 Å². The van der Waals surface area contributed by atoms with E-state index >= 15 is 0 Å². The molecule has 3 fully saturated rings. The number of benzene rings is 1. The molecule has 0 amide bonds. The van der Waals surface area contributed by atoms with Crippen LogP contribution in [0.2, 0.25) is 0 Å². The van der Waals surface area contributed by atoms with Gasteiger partial charge < -0.3 is 14.7 Å². The third-order valence-corrected chi connectivity index (χ3v) is 6.81. The van der Waals surface area contributed by atoms with Gasteiger partial charge in [0.25, 0.3) is 0 Å². The molecule has 4 nitrogen and oxygen atoms in total. The van der Waals surface area contributed by atoms with Gasteiger partial charge in [-0.3, -0.25) is 4.90 Å². The molecule has 2 aliphatic carbocycles. The monoisotopic (exact) mass is 380 g/mol. The molecule has 5 heteroatoms. The maximum Gasteiger partial charge on any atom is 0.142 e. The van der Waals surface area contributed by atoms with Gasteiger partial charge in [-0.05, 0) is 36.8 Å². The first-order valence-electron chi connectivity index (χ1n) is 10.1. The largest absolute Gasteiger partial charge is 0.495 e. The summed E-state index contributed by atoms with van der Waals surface area (Å²) in [5, 5.41) is 10.7. The molecule has 26 heavy (non-hydrogen) atoms. The number of hydrogen-bond acceptors (Lipinski definition) is 4. The number of ether oxygens (including phenoxy) is 1. The summed E-state index contributed by atoms with van der Waals surface area (Å²) < 4.78 is 5.52. The summed E-state index contributed by atoms with van der Waals surface area (Å²) >= 11 is 0. The van der Waals surface area contributed by atoms with Crippen molar-refractivity contribution in [2.75, 3.05) is 38.2 Å². The zero-order chi connectivity index (χ0) is 17.2. The fourth-order valence-electron chi connectivity index (χ4n) is 5.42. The SMILES string of the molecule is COc1ccccc1N1CCN([C@@H]2C[C@@H]3CCCC[C@H]3C[C@H]2O)CC1.Cl. The molecule has 2 saturated carbocycles. The maximum atomic E-state index is 10.7. The summed E-state index contributed by atoms with van der Waals surface area (Å²) in [6, 6.07) is 8.67. The van der Waals surface area contributed by atoms with Gasteiger partial charge in [-0.25, -0.2) is 0 Å². The van der Waals surface area contributed by atoms with Gasteiger partial charge in [0.1, 0.15) is 5.75 Å². The van der Waals surface area contributed by atoms with Crippen molar-refractivity contribution in [1.29, 1.82) is 0 Å². The number of fused-ring (bicyclic) bond motifs is 1. The standard InChI is InChI=1S/C21H32N2O2.ClH/c1-25-21-9-5-4-8-18(21)22-10-12-23(13-11-22)19-14-16-6-2-3-7-17(16)15-20(19)24;/h4-5,8-9,16-17,19-20,24H,2-3,6-7,10-15H2,1H3;1H/t16-,17-,19+,20+;/m0./s1. The maximum absolute atomic E-state index is 10.7. The molecule has 4 rings (SSSR count). The van der Waals surface area contributed by atoms with Crippen LogP contribution in [0.1, 0.15) is 38.5 Å². The molecular weight excluding hydrogens is 348 g/mol. The summed E-state index contributed by atoms with van der Waals surface area (Å²) in [5.41, 5.74) is 1.20. The number of piperazine rings is 1. The molecule has 0 spiro atoms. The Hall–Kier alpha value is -0.970. The van der Waals surface area contributed by atoms with E-state index in [1.54, 1.807) is 7.11 Å². The van der Waals surface area contributed by atoms with E-state index in [0.717, 1.165) is 50.2 Å². The predicted molar refractivity (Wildman–Crippen MR) is 109 cm³/mol. The number of para-hydroxylation sites is 2. The zero-order valence-corrected chi connectivity index (χ0v) is 16.7. The molecule has 3 aliphatic rings. The first-order chi connectivity index (χ1) is 12.3. The Bertz CT molecular complexity index is 577. The minimum atomic E-state index is -0.128. The quantitative estimate of drug-likeness (QED) is 0.869. The normalized spacial score (nSPS) is 32.5. The highest BCUT2D eigenvalue weighted by molar-refractivity contribution is 5.85. The number of anilines is 1. The van der Waals surface area contributed by atoms with E-state index in [2.05, 4.69) is 21.9 Å². The topological polar surface area (TPSA) is 35.9 Å². The van der Waals surface area contributed by atoms with Crippen LogP contribution in [0, 0.1) is 11.8 Å². The van der Waals surface area contributed by atoms with Crippen molar-refractivity contribution in [3.63, 3.8) is 0 Å². The molecule has 0 radical (unpaired) electrons. The van der Waals surface area contributed by atoms with E-state index < -0.39 is 0 Å². The van der Waals surface area contributed by atoms with Crippen molar-refractivity contribution >= 4 is 18.1 Å². The highest BCUT2D eigenvalue weighted by Crippen LogP contribution is 2.42. The minimum absolute atomic E-state index is 0. The van der Waals surface area contributed by atoms with Crippen LogP contribution in [0.25, 0.3) is 0 Å². The molecule has 1 aromatic carbocycles. The van der Waals surface area contributed by atoms with Gasteiger partial charge in [0.05, 0.1) is 18.9 Å². The lowest BCUT2D eigenvalue weighted by molar-refractivity contribution is -0.0332. The lowest BCUT2D eigenvalue weighted by Gasteiger charge is -2.48. The average Bonchev–Trinajstić information content (AvgIpc) is 2.67. The smallest absolute Gasteiger partial charge is 0.142 e. The Balaban J connectivity index is 0.00000196. The Labute approximate surface area is 163 Å². The second-order valence-electron chi connectivity index (χ2n) is 8.11. The number of hydrogen-bond donors (Lipinski definition) is 1. The van der Waals surface area contributed by atoms with Crippen LogP contribution in [-0.4, -0.2) is 55.4 Å². The molecule has 1 aromatic rings. The van der Waals surface area contributed by atoms with Crippen LogP contribution in [-0.2, 0) is 0 Å². The van der Waals surface area contributed by atoms with Crippen LogP contribution < -0.4 is 9.64 Å². The number of methoxy groups -OCH3 is 1. The van der Waals surface area contributed by atoms with Crippen molar-refractivity contribution in [2.24, 2.45) is 11.8 Å². The zero-order valence-electron chi connectivity index (χ0n) is 15.8. The summed E-state index contributed by atoms with van der Waals surface area (Å²) in [4.78, 5) is 4.98. The highest BCUT2D eigenvalue weighted by atomic mass is 35.5. The molecule has 0 bridgehead atoms. The Morgan fingerprint density at radius 2 is 1.62 bits per heavy atom. The second-order valence-corrected chi connectivity index (χ2v) is 8.11. The summed E-state index contributed by atoms with van der Waals surface area (Å²) in [6.45, 7) is 4.10. The number of nitrogens with zero attached hydrogens (tertiary/aromatic N) is 2. The number of aliphatic hydroxyl groups excluding tert-OH is 1. The fourth-order valence-corrected chi connectivity index (χ4v) is 5.42. The molecule has 0 aromatic heterocycles. The minimum Gasteiger partial charge on any atom is -0.495 e. The summed E-state index contributed by atoms with van der Waals surface area (Å²) in [7, 11) is 1.74. The highest BCUT2D eigenvalue weighted by Gasteiger charge is 2.40. The fraction of sp³-hybridized carbons (Fsp3) is 0.714. The predicted octanol–water partition coefficient (Wildman–Crippen LogP) is 3.57. The first-order valence-corrected chi connectivity index (χ1v) is 10.1. The lowest BCUT2D eigenvalue weighted by atomic mass is 9.68. The van der Waals surface area contributed by atoms with E-state index in [1.807, 2.05) is 12.1 Å². The van der Waals surface area contributed by atoms with Gasteiger partial charge >= 0.3 is 0 Å². The molecule has 1 aliphatic heterocycles. The molecule has 1 heterocycles. The van der Waals surface area contributed by atoms with Gasteiger partial charge in [-0.2, -0.15) is 0 Å². The summed E-state index contributed by atoms with van der Waals surface area (Å²) in [5.74, 6) is 2.60. The van der Waals surface area contributed by atoms with E-state index in [1.165, 1.54) is 37.8 Å². The van der Waals surface area contributed by atoms with Crippen LogP contribution in [0.15, 0.2) is 24.3 Å². The second kappa shape index (κ2) is 8.81. The third kappa shape index (κ3) is 3.97.